The van der Waals surface area contributed by atoms with E-state index in [0.29, 0.717) is 32.5 Å². The van der Waals surface area contributed by atoms with Gasteiger partial charge >= 0.3 is 18.2 Å². The number of ether oxygens (including phenoxy) is 3. The molecule has 2 heterocycles. The van der Waals surface area contributed by atoms with Crippen molar-refractivity contribution in [3.63, 3.8) is 0 Å². The number of nitrogens with zero attached hydrogens (tertiary/aromatic N) is 2. The van der Waals surface area contributed by atoms with Gasteiger partial charge in [0.05, 0.1) is 12.5 Å². The molecule has 8 nitrogen and oxygen atoms in total. The van der Waals surface area contributed by atoms with E-state index < -0.39 is 23.0 Å². The van der Waals surface area contributed by atoms with Gasteiger partial charge in [-0.25, -0.2) is 9.59 Å². The van der Waals surface area contributed by atoms with E-state index in [9.17, 15) is 14.4 Å². The number of piperidine rings is 1. The molecule has 0 bridgehead atoms. The van der Waals surface area contributed by atoms with Gasteiger partial charge < -0.3 is 24.0 Å². The van der Waals surface area contributed by atoms with Crippen LogP contribution in [0.4, 0.5) is 9.59 Å². The summed E-state index contributed by atoms with van der Waals surface area (Å²) in [6.45, 7) is 12.8. The average molecular weight is 396 g/mol. The summed E-state index contributed by atoms with van der Waals surface area (Å²) in [5, 5.41) is 0. The average Bonchev–Trinajstić information content (AvgIpc) is 2.98. The van der Waals surface area contributed by atoms with Gasteiger partial charge in [-0.15, -0.1) is 0 Å². The second-order valence-corrected chi connectivity index (χ2v) is 8.38. The van der Waals surface area contributed by atoms with Crippen LogP contribution in [0.15, 0.2) is 12.7 Å². The van der Waals surface area contributed by atoms with Gasteiger partial charge in [-0.2, -0.15) is 0 Å². The molecule has 2 saturated heterocycles. The van der Waals surface area contributed by atoms with Gasteiger partial charge in [0.15, 0.2) is 0 Å². The molecule has 28 heavy (non-hydrogen) atoms. The minimum Gasteiger partial charge on any atom is -0.466 e. The van der Waals surface area contributed by atoms with E-state index in [2.05, 4.69) is 6.58 Å². The first-order valence-corrected chi connectivity index (χ1v) is 9.79. The maximum absolute atomic E-state index is 12.6. The number of hydrogen-bond donors (Lipinski definition) is 0. The Bertz CT molecular complexity index is 604. The Balaban J connectivity index is 2.09. The summed E-state index contributed by atoms with van der Waals surface area (Å²) >= 11 is 0. The number of carbonyl (C=O) groups excluding carboxylic acids is 3. The Morgan fingerprint density at radius 1 is 1.11 bits per heavy atom. The van der Waals surface area contributed by atoms with Crippen molar-refractivity contribution in [2.75, 3.05) is 39.4 Å². The summed E-state index contributed by atoms with van der Waals surface area (Å²) in [7, 11) is 0. The summed E-state index contributed by atoms with van der Waals surface area (Å²) in [6.07, 6.45) is 1.89. The standard InChI is InChI=1S/C20H32N2O6/c1-6-12-27-17(24)22-13-15(16(23)26-7-2)20(14-22)8-10-21(11-9-20)18(25)28-19(3,4)5/h6,15H,1,7-14H2,2-5H3. The summed E-state index contributed by atoms with van der Waals surface area (Å²) in [4.78, 5) is 40.5. The van der Waals surface area contributed by atoms with Crippen molar-refractivity contribution in [1.82, 2.24) is 9.80 Å². The fourth-order valence-electron chi connectivity index (χ4n) is 3.86. The molecular weight excluding hydrogens is 364 g/mol. The summed E-state index contributed by atoms with van der Waals surface area (Å²) in [6, 6.07) is 0. The van der Waals surface area contributed by atoms with Crippen LogP contribution in [0.2, 0.25) is 0 Å². The number of hydrogen-bond acceptors (Lipinski definition) is 6. The van der Waals surface area contributed by atoms with Gasteiger partial charge in [0.1, 0.15) is 12.2 Å². The number of carbonyl (C=O) groups is 3. The molecule has 2 aliphatic heterocycles. The van der Waals surface area contributed by atoms with Crippen molar-refractivity contribution >= 4 is 18.2 Å². The number of esters is 1. The first-order chi connectivity index (χ1) is 13.1. The molecule has 2 aliphatic rings. The van der Waals surface area contributed by atoms with Gasteiger partial charge in [0.25, 0.3) is 0 Å². The zero-order valence-electron chi connectivity index (χ0n) is 17.4. The maximum atomic E-state index is 12.6. The van der Waals surface area contributed by atoms with Gasteiger partial charge in [0, 0.05) is 31.6 Å². The largest absolute Gasteiger partial charge is 0.466 e. The Hall–Kier alpha value is -2.25. The van der Waals surface area contributed by atoms with Crippen molar-refractivity contribution in [1.29, 1.82) is 0 Å². The normalized spacial score (nSPS) is 21.4. The minimum absolute atomic E-state index is 0.124. The van der Waals surface area contributed by atoms with Crippen molar-refractivity contribution in [2.24, 2.45) is 11.3 Å². The monoisotopic (exact) mass is 396 g/mol. The third kappa shape index (κ3) is 5.17. The van der Waals surface area contributed by atoms with Crippen LogP contribution >= 0.6 is 0 Å². The summed E-state index contributed by atoms with van der Waals surface area (Å²) < 4.78 is 15.9. The first kappa shape index (κ1) is 22.0. The maximum Gasteiger partial charge on any atom is 0.410 e. The summed E-state index contributed by atoms with van der Waals surface area (Å²) in [5.41, 5.74) is -0.975. The Kier molecular flexibility index (Phi) is 6.96. The smallest absolute Gasteiger partial charge is 0.410 e. The number of rotatable bonds is 4. The third-order valence-electron chi connectivity index (χ3n) is 5.21. The molecule has 8 heteroatoms. The lowest BCUT2D eigenvalue weighted by Crippen LogP contribution is -2.49. The highest BCUT2D eigenvalue weighted by molar-refractivity contribution is 5.77. The van der Waals surface area contributed by atoms with Gasteiger partial charge in [-0.3, -0.25) is 4.79 Å². The number of amides is 2. The van der Waals surface area contributed by atoms with Gasteiger partial charge in [-0.05, 0) is 40.5 Å². The second kappa shape index (κ2) is 8.84. The summed E-state index contributed by atoms with van der Waals surface area (Å²) in [5.74, 6) is -0.725. The predicted octanol–water partition coefficient (Wildman–Crippen LogP) is 2.82. The molecule has 0 aliphatic carbocycles. The van der Waals surface area contributed by atoms with E-state index in [1.807, 2.05) is 20.8 Å². The molecule has 158 valence electrons. The molecule has 1 unspecified atom stereocenters. The lowest BCUT2D eigenvalue weighted by molar-refractivity contribution is -0.152. The number of likely N-dealkylation sites (tertiary alicyclic amines) is 2. The minimum atomic E-state index is -0.557. The fourth-order valence-corrected chi connectivity index (χ4v) is 3.86. The fraction of sp³-hybridized carbons (Fsp3) is 0.750. The van der Waals surface area contributed by atoms with Crippen LogP contribution in [0.5, 0.6) is 0 Å². The van der Waals surface area contributed by atoms with Crippen LogP contribution in [-0.2, 0) is 19.0 Å². The molecule has 0 N–H and O–H groups in total. The highest BCUT2D eigenvalue weighted by atomic mass is 16.6. The molecular formula is C20H32N2O6. The quantitative estimate of drug-likeness (QED) is 0.413. The SMILES string of the molecule is C=CCOC(=O)N1CC(C(=O)OCC)C2(CCN(C(=O)OC(C)(C)C)CC2)C1. The molecule has 2 amide bonds. The van der Waals surface area contributed by atoms with E-state index >= 15 is 0 Å². The van der Waals surface area contributed by atoms with E-state index in [4.69, 9.17) is 14.2 Å². The molecule has 0 saturated carbocycles. The van der Waals surface area contributed by atoms with Crippen LogP contribution in [0.25, 0.3) is 0 Å². The highest BCUT2D eigenvalue weighted by Crippen LogP contribution is 2.45. The van der Waals surface area contributed by atoms with Gasteiger partial charge in [0.2, 0.25) is 0 Å². The van der Waals surface area contributed by atoms with Crippen molar-refractivity contribution in [3.05, 3.63) is 12.7 Å². The first-order valence-electron chi connectivity index (χ1n) is 9.79. The van der Waals surface area contributed by atoms with E-state index in [-0.39, 0.29) is 31.8 Å². The van der Waals surface area contributed by atoms with E-state index in [0.717, 1.165) is 0 Å². The van der Waals surface area contributed by atoms with E-state index in [1.54, 1.807) is 16.7 Å². The molecule has 0 radical (unpaired) electrons. The van der Waals surface area contributed by atoms with Crippen LogP contribution in [0, 0.1) is 11.3 Å². The topological polar surface area (TPSA) is 85.4 Å². The molecule has 0 aromatic carbocycles. The third-order valence-corrected chi connectivity index (χ3v) is 5.21. The highest BCUT2D eigenvalue weighted by Gasteiger charge is 2.54. The Morgan fingerprint density at radius 3 is 2.29 bits per heavy atom. The van der Waals surface area contributed by atoms with E-state index in [1.165, 1.54) is 6.08 Å². The lowest BCUT2D eigenvalue weighted by atomic mass is 9.71. The second-order valence-electron chi connectivity index (χ2n) is 8.38. The molecule has 1 atom stereocenters. The van der Waals surface area contributed by atoms with Crippen LogP contribution in [0.1, 0.15) is 40.5 Å². The van der Waals surface area contributed by atoms with Crippen molar-refractivity contribution < 1.29 is 28.6 Å². The van der Waals surface area contributed by atoms with Crippen LogP contribution < -0.4 is 0 Å². The Morgan fingerprint density at radius 2 is 1.75 bits per heavy atom. The van der Waals surface area contributed by atoms with Crippen LogP contribution in [0.3, 0.4) is 0 Å². The van der Waals surface area contributed by atoms with Gasteiger partial charge in [-0.1, -0.05) is 12.7 Å². The van der Waals surface area contributed by atoms with Crippen molar-refractivity contribution in [2.45, 2.75) is 46.1 Å². The predicted molar refractivity (Wildman–Crippen MR) is 103 cm³/mol. The molecule has 2 rings (SSSR count). The molecule has 0 aromatic rings. The molecule has 0 aromatic heterocycles. The molecule has 1 spiro atoms. The Labute approximate surface area is 166 Å². The van der Waals surface area contributed by atoms with Crippen LogP contribution in [-0.4, -0.2) is 72.9 Å². The molecule has 2 fully saturated rings. The zero-order chi connectivity index (χ0) is 20.9. The lowest BCUT2D eigenvalue weighted by Gasteiger charge is -2.41. The zero-order valence-corrected chi connectivity index (χ0v) is 17.4. The van der Waals surface area contributed by atoms with Crippen molar-refractivity contribution in [3.8, 4) is 0 Å².